The summed E-state index contributed by atoms with van der Waals surface area (Å²) in [6.07, 6.45) is -2.81. The summed E-state index contributed by atoms with van der Waals surface area (Å²) in [7, 11) is 0. The Balaban J connectivity index is 1.81. The molecule has 0 radical (unpaired) electrons. The first-order valence-electron chi connectivity index (χ1n) is 8.80. The molecule has 0 aliphatic heterocycles. The number of amides is 2. The van der Waals surface area contributed by atoms with Crippen LogP contribution in [-0.2, 0) is 15.8 Å². The summed E-state index contributed by atoms with van der Waals surface area (Å²) in [4.78, 5) is 23.6. The zero-order chi connectivity index (χ0) is 21.3. The lowest BCUT2D eigenvalue weighted by Gasteiger charge is -2.09. The van der Waals surface area contributed by atoms with Crippen LogP contribution in [0.3, 0.4) is 0 Å². The molecule has 2 aromatic carbocycles. The quantitative estimate of drug-likeness (QED) is 0.395. The lowest BCUT2D eigenvalue weighted by Crippen LogP contribution is -2.24. The summed E-state index contributed by atoms with van der Waals surface area (Å²) >= 11 is 0. The van der Waals surface area contributed by atoms with Crippen LogP contribution in [-0.4, -0.2) is 24.6 Å². The normalized spacial score (nSPS) is 11.3. The Morgan fingerprint density at radius 3 is 2.48 bits per heavy atom. The molecule has 0 atom stereocenters. The topological polar surface area (TPSA) is 79.8 Å². The molecule has 0 saturated carbocycles. The van der Waals surface area contributed by atoms with Crippen LogP contribution in [0.2, 0.25) is 0 Å². The predicted molar refractivity (Wildman–Crippen MR) is 103 cm³/mol. The van der Waals surface area contributed by atoms with Gasteiger partial charge >= 0.3 is 6.18 Å². The van der Waals surface area contributed by atoms with Gasteiger partial charge in [0.05, 0.1) is 18.4 Å². The molecule has 2 rings (SSSR count). The minimum absolute atomic E-state index is 0.0495. The van der Waals surface area contributed by atoms with E-state index in [4.69, 9.17) is 4.74 Å². The van der Waals surface area contributed by atoms with E-state index in [-0.39, 0.29) is 5.69 Å². The minimum Gasteiger partial charge on any atom is -0.494 e. The Kier molecular flexibility index (Phi) is 7.76. The Morgan fingerprint density at radius 2 is 1.83 bits per heavy atom. The average molecular weight is 407 g/mol. The zero-order valence-electron chi connectivity index (χ0n) is 15.6. The Hall–Kier alpha value is -3.36. The summed E-state index contributed by atoms with van der Waals surface area (Å²) in [5.41, 5.74) is 1.96. The van der Waals surface area contributed by atoms with E-state index in [0.29, 0.717) is 12.2 Å². The second kappa shape index (κ2) is 10.3. The number of halogens is 3. The van der Waals surface area contributed by atoms with Gasteiger partial charge in [-0.15, -0.1) is 0 Å². The van der Waals surface area contributed by atoms with Crippen molar-refractivity contribution < 1.29 is 27.5 Å². The molecule has 29 heavy (non-hydrogen) atoms. The maximum absolute atomic E-state index is 12.7. The van der Waals surface area contributed by atoms with E-state index in [1.54, 1.807) is 24.3 Å². The molecule has 0 saturated heterocycles. The van der Waals surface area contributed by atoms with Crippen molar-refractivity contribution in [1.29, 1.82) is 0 Å². The van der Waals surface area contributed by atoms with Crippen LogP contribution in [0, 0.1) is 0 Å². The Labute approximate surface area is 165 Å². The maximum atomic E-state index is 12.7. The van der Waals surface area contributed by atoms with Crippen LogP contribution < -0.4 is 15.5 Å². The first-order chi connectivity index (χ1) is 13.8. The van der Waals surface area contributed by atoms with E-state index in [1.165, 1.54) is 18.3 Å². The highest BCUT2D eigenvalue weighted by Gasteiger charge is 2.30. The summed E-state index contributed by atoms with van der Waals surface area (Å²) in [5.74, 6) is -0.734. The third-order valence-electron chi connectivity index (χ3n) is 3.55. The fourth-order valence-electron chi connectivity index (χ4n) is 2.21. The van der Waals surface area contributed by atoms with Gasteiger partial charge in [0.15, 0.2) is 0 Å². The molecule has 0 aliphatic rings. The monoisotopic (exact) mass is 407 g/mol. The molecule has 0 unspecified atom stereocenters. The van der Waals surface area contributed by atoms with E-state index >= 15 is 0 Å². The summed E-state index contributed by atoms with van der Waals surface area (Å²) in [5, 5.41) is 6.00. The Morgan fingerprint density at radius 1 is 1.10 bits per heavy atom. The highest BCUT2D eigenvalue weighted by atomic mass is 19.4. The van der Waals surface area contributed by atoms with Gasteiger partial charge in [-0.2, -0.15) is 18.3 Å². The first-order valence-corrected chi connectivity index (χ1v) is 8.80. The van der Waals surface area contributed by atoms with E-state index in [0.717, 1.165) is 24.3 Å². The third-order valence-corrected chi connectivity index (χ3v) is 3.55. The highest BCUT2D eigenvalue weighted by Crippen LogP contribution is 2.30. The second-order valence-electron chi connectivity index (χ2n) is 6.01. The molecular formula is C20H20F3N3O3. The van der Waals surface area contributed by atoms with Gasteiger partial charge in [-0.1, -0.05) is 13.0 Å². The first kappa shape index (κ1) is 21.9. The van der Waals surface area contributed by atoms with E-state index in [1.807, 2.05) is 6.92 Å². The molecule has 2 N–H and O–H groups in total. The third kappa shape index (κ3) is 7.65. The number of nitrogens with zero attached hydrogens (tertiary/aromatic N) is 1. The summed E-state index contributed by atoms with van der Waals surface area (Å²) < 4.78 is 43.5. The lowest BCUT2D eigenvalue weighted by molar-refractivity contribution is -0.137. The molecule has 0 aromatic heterocycles. The van der Waals surface area contributed by atoms with Gasteiger partial charge in [-0.3, -0.25) is 9.59 Å². The van der Waals surface area contributed by atoms with Gasteiger partial charge in [0.25, 0.3) is 0 Å². The van der Waals surface area contributed by atoms with Crippen molar-refractivity contribution in [2.45, 2.75) is 25.9 Å². The summed E-state index contributed by atoms with van der Waals surface area (Å²) in [6.45, 7) is 2.62. The van der Waals surface area contributed by atoms with Crippen LogP contribution in [0.5, 0.6) is 5.75 Å². The van der Waals surface area contributed by atoms with E-state index in [9.17, 15) is 22.8 Å². The molecule has 2 aromatic rings. The number of hydrogen-bond acceptors (Lipinski definition) is 4. The number of benzene rings is 2. The fraction of sp³-hybridized carbons (Fsp3) is 0.250. The number of alkyl halides is 3. The van der Waals surface area contributed by atoms with Crippen molar-refractivity contribution in [3.8, 4) is 5.75 Å². The van der Waals surface area contributed by atoms with E-state index in [2.05, 4.69) is 15.8 Å². The van der Waals surface area contributed by atoms with Crippen molar-refractivity contribution in [1.82, 2.24) is 5.43 Å². The number of carbonyl (C=O) groups is 2. The largest absolute Gasteiger partial charge is 0.494 e. The number of rotatable bonds is 8. The maximum Gasteiger partial charge on any atom is 0.416 e. The molecule has 0 spiro atoms. The molecule has 0 aliphatic carbocycles. The van der Waals surface area contributed by atoms with Crippen LogP contribution in [0.1, 0.15) is 30.9 Å². The molecule has 0 fully saturated rings. The van der Waals surface area contributed by atoms with Crippen LogP contribution >= 0.6 is 0 Å². The van der Waals surface area contributed by atoms with Crippen LogP contribution in [0.25, 0.3) is 0 Å². The molecule has 0 heterocycles. The van der Waals surface area contributed by atoms with Gasteiger partial charge in [-0.05, 0) is 54.4 Å². The lowest BCUT2D eigenvalue weighted by atomic mass is 10.2. The SMILES string of the molecule is CCCOc1ccc(C=NNC(=O)CC(=O)Nc2cccc(C(F)(F)F)c2)cc1. The predicted octanol–water partition coefficient (Wildman–Crippen LogP) is 3.97. The molecule has 154 valence electrons. The molecule has 6 nitrogen and oxygen atoms in total. The Bertz CT molecular complexity index is 865. The van der Waals surface area contributed by atoms with Crippen LogP contribution in [0.15, 0.2) is 53.6 Å². The van der Waals surface area contributed by atoms with Crippen molar-refractivity contribution in [2.75, 3.05) is 11.9 Å². The standard InChI is InChI=1S/C20H20F3N3O3/c1-2-10-29-17-8-6-14(7-9-17)13-24-26-19(28)12-18(27)25-16-5-3-4-15(11-16)20(21,22)23/h3-9,11,13H,2,10,12H2,1H3,(H,25,27)(H,26,28). The molecular weight excluding hydrogens is 387 g/mol. The number of ether oxygens (including phenoxy) is 1. The number of nitrogens with one attached hydrogen (secondary N) is 2. The van der Waals surface area contributed by atoms with Crippen molar-refractivity contribution >= 4 is 23.7 Å². The van der Waals surface area contributed by atoms with Crippen molar-refractivity contribution in [2.24, 2.45) is 5.10 Å². The van der Waals surface area contributed by atoms with E-state index < -0.39 is 30.0 Å². The zero-order valence-corrected chi connectivity index (χ0v) is 15.6. The number of hydrazone groups is 1. The molecule has 0 bridgehead atoms. The summed E-state index contributed by atoms with van der Waals surface area (Å²) in [6, 6.07) is 11.2. The highest BCUT2D eigenvalue weighted by molar-refractivity contribution is 6.03. The van der Waals surface area contributed by atoms with Crippen molar-refractivity contribution in [3.05, 3.63) is 59.7 Å². The van der Waals surface area contributed by atoms with Gasteiger partial charge in [0.2, 0.25) is 11.8 Å². The number of anilines is 1. The van der Waals surface area contributed by atoms with Crippen molar-refractivity contribution in [3.63, 3.8) is 0 Å². The molecule has 2 amide bonds. The smallest absolute Gasteiger partial charge is 0.416 e. The number of carbonyl (C=O) groups excluding carboxylic acids is 2. The van der Waals surface area contributed by atoms with Gasteiger partial charge < -0.3 is 10.1 Å². The van der Waals surface area contributed by atoms with Crippen LogP contribution in [0.4, 0.5) is 18.9 Å². The minimum atomic E-state index is -4.52. The molecule has 9 heteroatoms. The fourth-order valence-corrected chi connectivity index (χ4v) is 2.21. The second-order valence-corrected chi connectivity index (χ2v) is 6.01. The average Bonchev–Trinajstić information content (AvgIpc) is 2.66. The van der Waals surface area contributed by atoms with Gasteiger partial charge in [0.1, 0.15) is 12.2 Å². The van der Waals surface area contributed by atoms with Gasteiger partial charge in [0, 0.05) is 5.69 Å². The van der Waals surface area contributed by atoms with Gasteiger partial charge in [-0.25, -0.2) is 5.43 Å². The number of hydrogen-bond donors (Lipinski definition) is 2.